The van der Waals surface area contributed by atoms with Gasteiger partial charge in [0, 0.05) is 98.4 Å². The summed E-state index contributed by atoms with van der Waals surface area (Å²) in [5.41, 5.74) is 11.7. The molecule has 0 bridgehead atoms. The van der Waals surface area contributed by atoms with Crippen LogP contribution in [0.3, 0.4) is 0 Å². The molecule has 0 aliphatic carbocycles. The number of fused-ring (bicyclic) bond motifs is 12. The SMILES string of the molecule is CC(=O)O.[Cl][Pt]([Cl])([Cl])[Cl].[K][K].[Pt+2].[c-]1c(Oc2[c-]c(-n3c4ccccc4c4cccnc43)ccc2)cccc1-n1c2ccccc2c2cccnc21.c1cc(Oc2cccc(-n3c4ccccc4c4cccnc43)c2)cc(-n2c3ccccc3c3cccnc32)c1. The van der Waals surface area contributed by atoms with Crippen LogP contribution in [-0.2, 0) is 37.8 Å². The number of aliphatic carboxylic acids is 1. The Morgan fingerprint density at radius 1 is 0.400 bits per heavy atom. The van der Waals surface area contributed by atoms with Crippen LogP contribution in [0.4, 0.5) is 0 Å². The van der Waals surface area contributed by atoms with Gasteiger partial charge in [0.1, 0.15) is 34.1 Å². The second kappa shape index (κ2) is 30.0. The summed E-state index contributed by atoms with van der Waals surface area (Å²) in [5.74, 6) is 1.88. The molecule has 8 aromatic heterocycles. The van der Waals surface area contributed by atoms with Crippen LogP contribution < -0.4 is 9.47 Å². The summed E-state index contributed by atoms with van der Waals surface area (Å²) in [6.07, 6.45) is 7.32. The summed E-state index contributed by atoms with van der Waals surface area (Å²) in [4.78, 5) is 27.8. The third-order valence-electron chi connectivity index (χ3n) is 14.3. The smallest absolute Gasteiger partial charge is 0.509 e. The van der Waals surface area contributed by atoms with Crippen LogP contribution in [-0.4, -0.2) is 112 Å². The normalized spacial score (nSPS) is 11.3. The van der Waals surface area contributed by atoms with Crippen molar-refractivity contribution in [2.24, 2.45) is 0 Å². The molecule has 16 aromatic rings. The third kappa shape index (κ3) is 14.5. The fraction of sp³-hybridized carbons (Fsp3) is 0.0143. The Morgan fingerprint density at radius 2 is 0.678 bits per heavy atom. The van der Waals surface area contributed by atoms with Gasteiger partial charge >= 0.3 is 134 Å². The average molecular weight is 1670 g/mol. The van der Waals surface area contributed by atoms with Crippen molar-refractivity contribution < 1.29 is 52.3 Å². The first-order valence-electron chi connectivity index (χ1n) is 28.1. The van der Waals surface area contributed by atoms with E-state index in [-0.39, 0.29) is 21.1 Å². The molecular weight excluding hydrogens is 1630 g/mol. The molecule has 0 radical (unpaired) electrons. The second-order valence-corrected chi connectivity index (χ2v) is 39.4. The third-order valence-corrected chi connectivity index (χ3v) is 14.3. The monoisotopic (exact) mass is 1670 g/mol. The molecule has 0 fully saturated rings. The van der Waals surface area contributed by atoms with Crippen molar-refractivity contribution in [2.45, 2.75) is 6.92 Å². The molecule has 12 nitrogen and oxygen atoms in total. The number of hydrogen-bond donors (Lipinski definition) is 1. The van der Waals surface area contributed by atoms with Gasteiger partial charge in [-0.05, 0) is 97.1 Å². The van der Waals surface area contributed by atoms with Gasteiger partial charge in [-0.3, -0.25) is 13.9 Å². The van der Waals surface area contributed by atoms with E-state index in [1.807, 2.05) is 122 Å². The van der Waals surface area contributed by atoms with E-state index in [4.69, 9.17) is 67.0 Å². The van der Waals surface area contributed by atoms with Crippen LogP contribution >= 0.6 is 37.7 Å². The summed E-state index contributed by atoms with van der Waals surface area (Å²) in [5, 5.41) is 16.6. The van der Waals surface area contributed by atoms with Gasteiger partial charge in [-0.1, -0.05) is 96.3 Å². The van der Waals surface area contributed by atoms with Gasteiger partial charge in [-0.25, -0.2) is 19.9 Å². The van der Waals surface area contributed by atoms with Gasteiger partial charge in [0.25, 0.3) is 5.97 Å². The van der Waals surface area contributed by atoms with E-state index in [1.54, 1.807) is 0 Å². The van der Waals surface area contributed by atoms with Crippen molar-refractivity contribution in [2.75, 3.05) is 0 Å². The molecule has 8 aromatic carbocycles. The predicted molar refractivity (Wildman–Crippen MR) is 360 cm³/mol. The fourth-order valence-corrected chi connectivity index (χ4v) is 11.1. The molecular formula is C70H46Cl4K2N8O4Pt2. The molecule has 16 rings (SSSR count). The molecule has 0 saturated carbocycles. The number of carboxylic acids is 1. The van der Waals surface area contributed by atoms with E-state index in [9.17, 15) is 0 Å². The van der Waals surface area contributed by atoms with Crippen LogP contribution in [0.25, 0.3) is 110 Å². The molecule has 0 atom stereocenters. The molecule has 0 aliphatic heterocycles. The molecule has 0 spiro atoms. The number of halogens is 4. The molecule has 0 amide bonds. The van der Waals surface area contributed by atoms with Crippen molar-refractivity contribution >= 4 is 195 Å². The number of carboxylic acid groups (broad SMARTS) is 1. The van der Waals surface area contributed by atoms with Gasteiger partial charge in [0.15, 0.2) is 0 Å². The first-order chi connectivity index (χ1) is 43.4. The van der Waals surface area contributed by atoms with Crippen molar-refractivity contribution in [3.8, 4) is 45.7 Å². The van der Waals surface area contributed by atoms with Gasteiger partial charge < -0.3 is 23.7 Å². The maximum Gasteiger partial charge on any atom is 2.00 e. The zero-order valence-electron chi connectivity index (χ0n) is 48.1. The molecule has 0 unspecified atom stereocenters. The predicted octanol–water partition coefficient (Wildman–Crippen LogP) is 18.6. The topological polar surface area (TPSA) is 127 Å². The molecule has 20 heteroatoms. The van der Waals surface area contributed by atoms with Crippen molar-refractivity contribution in [1.82, 2.24) is 38.2 Å². The number of pyridine rings is 4. The number of ether oxygens (including phenoxy) is 2. The Kier molecular flexibility index (Phi) is 22.0. The summed E-state index contributed by atoms with van der Waals surface area (Å²) in [6.45, 7) is 1.08. The maximum atomic E-state index is 9.00. The largest absolute Gasteiger partial charge is 2.00 e. The number of aromatic nitrogens is 8. The van der Waals surface area contributed by atoms with Crippen molar-refractivity contribution in [3.05, 3.63) is 267 Å². The zero-order chi connectivity index (χ0) is 61.6. The first kappa shape index (κ1) is 65.9. The van der Waals surface area contributed by atoms with Gasteiger partial charge in [-0.15, -0.1) is 36.4 Å². The van der Waals surface area contributed by atoms with Crippen LogP contribution in [0.15, 0.2) is 255 Å². The van der Waals surface area contributed by atoms with Gasteiger partial charge in [0.2, 0.25) is 0 Å². The Hall–Kier alpha value is -5.56. The summed E-state index contributed by atoms with van der Waals surface area (Å²) in [7, 11) is 20.0. The number of hydrogen-bond acceptors (Lipinski definition) is 7. The second-order valence-electron chi connectivity index (χ2n) is 19.7. The minimum Gasteiger partial charge on any atom is -0.509 e. The maximum absolute atomic E-state index is 9.00. The van der Waals surface area contributed by atoms with Gasteiger partial charge in [-0.2, -0.15) is 12.1 Å². The number of benzene rings is 8. The van der Waals surface area contributed by atoms with Crippen molar-refractivity contribution in [1.29, 1.82) is 0 Å². The fourth-order valence-electron chi connectivity index (χ4n) is 11.1. The zero-order valence-corrected chi connectivity index (χ0v) is 62.0. The van der Waals surface area contributed by atoms with Gasteiger partial charge in [0.05, 0.1) is 33.4 Å². The minimum absolute atomic E-state index is 0. The molecule has 440 valence electrons. The summed E-state index contributed by atoms with van der Waals surface area (Å²) in [6, 6.07) is 84.9. The standard InChI is InChI=1S/C34H22N4O.C34H20N4O.C2H4O2.4ClH.2K.2Pt/c2*1-3-17-31-27(13-1)29-15-7-19-35-33(29)37(31)23-9-5-11-25(21-23)39-26-12-6-10-24(22-26)38-32-18-4-2-14-28(32)30-16-8-20-36-34(30)38;1-2(3)4;;;;;;;;/h1-22H;1-20H;1H3,(H,3,4);4*1H;;;;/q;-2;;;;;;;;+2;+4/p-4. The number of rotatable bonds is 8. The quantitative estimate of drug-likeness (QED) is 0.118. The average Bonchev–Trinajstić information content (AvgIpc) is 1.75. The van der Waals surface area contributed by atoms with Crippen LogP contribution in [0.1, 0.15) is 6.92 Å². The first-order valence-corrected chi connectivity index (χ1v) is 55.4. The molecule has 0 saturated heterocycles. The molecule has 90 heavy (non-hydrogen) atoms. The van der Waals surface area contributed by atoms with Crippen LogP contribution in [0.2, 0.25) is 0 Å². The van der Waals surface area contributed by atoms with E-state index in [1.165, 1.54) is 73.9 Å². The summed E-state index contributed by atoms with van der Waals surface area (Å²) < 4.78 is 21.4. The Morgan fingerprint density at radius 3 is 1.01 bits per heavy atom. The number of para-hydroxylation sites is 4. The van der Waals surface area contributed by atoms with E-state index >= 15 is 0 Å². The molecule has 8 heterocycles. The molecule has 1 N–H and O–H groups in total. The van der Waals surface area contributed by atoms with E-state index in [0.29, 0.717) is 11.5 Å². The molecule has 0 aliphatic rings. The summed E-state index contributed by atoms with van der Waals surface area (Å²) >= 11 is -0.556. The van der Waals surface area contributed by atoms with E-state index < -0.39 is 17.9 Å². The van der Waals surface area contributed by atoms with Crippen LogP contribution in [0.5, 0.6) is 23.0 Å². The Bertz CT molecular complexity index is 4400. The van der Waals surface area contributed by atoms with E-state index in [2.05, 4.69) is 174 Å². The Labute approximate surface area is 595 Å². The van der Waals surface area contributed by atoms with Crippen LogP contribution in [0, 0.1) is 12.1 Å². The van der Waals surface area contributed by atoms with E-state index in [0.717, 1.165) is 118 Å². The number of nitrogens with zero attached hydrogens (tertiary/aromatic N) is 8. The minimum atomic E-state index is -3.06. The number of carbonyl (C=O) groups is 1. The Balaban J connectivity index is 0.000000158. The van der Waals surface area contributed by atoms with Crippen molar-refractivity contribution in [3.63, 3.8) is 0 Å².